The normalized spacial score (nSPS) is 19.6. The summed E-state index contributed by atoms with van der Waals surface area (Å²) in [6.45, 7) is 4.36. The number of benzene rings is 2. The monoisotopic (exact) mass is 472 g/mol. The molecule has 6 rings (SSSR count). The molecule has 182 valence electrons. The molecule has 0 bridgehead atoms. The number of likely N-dealkylation sites (tertiary alicyclic amines) is 2. The van der Waals surface area contributed by atoms with Gasteiger partial charge in [-0.05, 0) is 80.2 Å². The van der Waals surface area contributed by atoms with Crippen LogP contribution in [-0.4, -0.2) is 73.8 Å². The molecule has 35 heavy (non-hydrogen) atoms. The maximum Gasteiger partial charge on any atom is 0.254 e. The Morgan fingerprint density at radius 3 is 2.57 bits per heavy atom. The second-order valence-corrected chi connectivity index (χ2v) is 10.0. The molecule has 7 nitrogen and oxygen atoms in total. The predicted molar refractivity (Wildman–Crippen MR) is 137 cm³/mol. The number of hydrogen-bond acceptors (Lipinski definition) is 6. The Morgan fingerprint density at radius 2 is 1.74 bits per heavy atom. The van der Waals surface area contributed by atoms with E-state index < -0.39 is 0 Å². The first-order chi connectivity index (χ1) is 17.1. The van der Waals surface area contributed by atoms with Crippen molar-refractivity contribution in [3.05, 3.63) is 48.0 Å². The van der Waals surface area contributed by atoms with E-state index in [-0.39, 0.29) is 18.7 Å². The smallest absolute Gasteiger partial charge is 0.254 e. The molecular formula is C28H32N4O3. The summed E-state index contributed by atoms with van der Waals surface area (Å²) in [5.41, 5.74) is 3.62. The standard InChI is InChI=1S/C28H32N4O3/c1-30(2)27-16-23(28(33)32-13-5-6-21(32)17-31-11-3-4-12-31)22-14-19(7-9-24(22)29-27)20-8-10-25-26(15-20)35-18-34-25/h7-10,14-16,21H,3-6,11-13,17-18H2,1-2H3/t21-/m0/s1. The second-order valence-electron chi connectivity index (χ2n) is 10.0. The van der Waals surface area contributed by atoms with Crippen molar-refractivity contribution in [1.82, 2.24) is 14.8 Å². The molecule has 0 aliphatic carbocycles. The minimum Gasteiger partial charge on any atom is -0.454 e. The van der Waals surface area contributed by atoms with Crippen LogP contribution in [0, 0.1) is 0 Å². The van der Waals surface area contributed by atoms with E-state index in [2.05, 4.69) is 21.9 Å². The van der Waals surface area contributed by atoms with Crippen molar-refractivity contribution < 1.29 is 14.3 Å². The number of aromatic nitrogens is 1. The van der Waals surface area contributed by atoms with Gasteiger partial charge >= 0.3 is 0 Å². The van der Waals surface area contributed by atoms with Crippen LogP contribution in [0.25, 0.3) is 22.0 Å². The number of hydrogen-bond donors (Lipinski definition) is 0. The first-order valence-electron chi connectivity index (χ1n) is 12.6. The van der Waals surface area contributed by atoms with Crippen LogP contribution in [0.2, 0.25) is 0 Å². The molecule has 3 aromatic rings. The van der Waals surface area contributed by atoms with Gasteiger partial charge in [-0.2, -0.15) is 0 Å². The van der Waals surface area contributed by atoms with Gasteiger partial charge in [0.1, 0.15) is 5.82 Å². The second kappa shape index (κ2) is 9.04. The van der Waals surface area contributed by atoms with Crippen molar-refractivity contribution in [3.8, 4) is 22.6 Å². The molecule has 0 saturated carbocycles. The van der Waals surface area contributed by atoms with E-state index in [1.807, 2.05) is 49.3 Å². The zero-order valence-electron chi connectivity index (χ0n) is 20.5. The number of anilines is 1. The fourth-order valence-electron chi connectivity index (χ4n) is 5.58. The topological polar surface area (TPSA) is 58.1 Å². The number of carbonyl (C=O) groups excluding carboxylic acids is 1. The van der Waals surface area contributed by atoms with Crippen molar-refractivity contribution in [2.75, 3.05) is 52.0 Å². The molecule has 0 radical (unpaired) electrons. The molecule has 0 N–H and O–H groups in total. The van der Waals surface area contributed by atoms with Crippen molar-refractivity contribution in [1.29, 1.82) is 0 Å². The molecule has 3 aliphatic heterocycles. The third kappa shape index (κ3) is 4.18. The maximum atomic E-state index is 14.0. The summed E-state index contributed by atoms with van der Waals surface area (Å²) < 4.78 is 11.1. The fourth-order valence-corrected chi connectivity index (χ4v) is 5.58. The highest BCUT2D eigenvalue weighted by molar-refractivity contribution is 6.08. The highest BCUT2D eigenvalue weighted by Crippen LogP contribution is 2.37. The number of nitrogens with zero attached hydrogens (tertiary/aromatic N) is 4. The molecule has 0 unspecified atom stereocenters. The van der Waals surface area contributed by atoms with E-state index >= 15 is 0 Å². The Balaban J connectivity index is 1.39. The summed E-state index contributed by atoms with van der Waals surface area (Å²) in [6.07, 6.45) is 4.68. The molecule has 1 aromatic heterocycles. The van der Waals surface area contributed by atoms with Crippen molar-refractivity contribution in [2.45, 2.75) is 31.7 Å². The Morgan fingerprint density at radius 1 is 0.971 bits per heavy atom. The molecule has 1 amide bonds. The predicted octanol–water partition coefficient (Wildman–Crippen LogP) is 4.40. The number of ether oxygens (including phenoxy) is 2. The van der Waals surface area contributed by atoms with E-state index in [9.17, 15) is 4.79 Å². The molecule has 2 saturated heterocycles. The van der Waals surface area contributed by atoms with E-state index in [0.29, 0.717) is 0 Å². The SMILES string of the molecule is CN(C)c1cc(C(=O)N2CCC[C@H]2CN2CCCC2)c2cc(-c3ccc4c(c3)OCO4)ccc2n1. The highest BCUT2D eigenvalue weighted by Gasteiger charge is 2.32. The van der Waals surface area contributed by atoms with E-state index in [0.717, 1.165) is 83.9 Å². The van der Waals surface area contributed by atoms with Crippen molar-refractivity contribution in [2.24, 2.45) is 0 Å². The Hall–Kier alpha value is -3.32. The highest BCUT2D eigenvalue weighted by atomic mass is 16.7. The molecule has 1 atom stereocenters. The lowest BCUT2D eigenvalue weighted by Crippen LogP contribution is -2.42. The quantitative estimate of drug-likeness (QED) is 0.549. The Labute approximate surface area is 206 Å². The molecule has 4 heterocycles. The summed E-state index contributed by atoms with van der Waals surface area (Å²) in [6, 6.07) is 14.4. The number of amides is 1. The van der Waals surface area contributed by atoms with Gasteiger partial charge in [-0.15, -0.1) is 0 Å². The molecule has 2 aromatic carbocycles. The zero-order chi connectivity index (χ0) is 23.9. The lowest BCUT2D eigenvalue weighted by atomic mass is 9.99. The van der Waals surface area contributed by atoms with E-state index in [1.165, 1.54) is 12.8 Å². The van der Waals surface area contributed by atoms with Gasteiger partial charge < -0.3 is 24.2 Å². The lowest BCUT2D eigenvalue weighted by molar-refractivity contribution is 0.0710. The average Bonchev–Trinajstić information content (AvgIpc) is 3.64. The first kappa shape index (κ1) is 22.2. The Kier molecular flexibility index (Phi) is 5.72. The zero-order valence-corrected chi connectivity index (χ0v) is 20.5. The number of carbonyl (C=O) groups is 1. The van der Waals surface area contributed by atoms with Crippen molar-refractivity contribution >= 4 is 22.6 Å². The maximum absolute atomic E-state index is 14.0. The van der Waals surface area contributed by atoms with Crippen LogP contribution in [0.4, 0.5) is 5.82 Å². The van der Waals surface area contributed by atoms with Crippen LogP contribution in [0.1, 0.15) is 36.0 Å². The van der Waals surface area contributed by atoms with E-state index in [1.54, 1.807) is 0 Å². The Bertz CT molecular complexity index is 1270. The summed E-state index contributed by atoms with van der Waals surface area (Å²) in [5, 5.41) is 0.891. The molecule has 2 fully saturated rings. The van der Waals surface area contributed by atoms with Crippen LogP contribution in [0.3, 0.4) is 0 Å². The molecular weight excluding hydrogens is 440 g/mol. The van der Waals surface area contributed by atoms with E-state index in [4.69, 9.17) is 14.5 Å². The summed E-state index contributed by atoms with van der Waals surface area (Å²) in [4.78, 5) is 25.5. The van der Waals surface area contributed by atoms with Crippen LogP contribution in [-0.2, 0) is 0 Å². The van der Waals surface area contributed by atoms with Crippen LogP contribution >= 0.6 is 0 Å². The summed E-state index contributed by atoms with van der Waals surface area (Å²) >= 11 is 0. The number of rotatable bonds is 5. The number of pyridine rings is 1. The van der Waals surface area contributed by atoms with Crippen LogP contribution in [0.15, 0.2) is 42.5 Å². The largest absolute Gasteiger partial charge is 0.454 e. The number of fused-ring (bicyclic) bond motifs is 2. The van der Waals surface area contributed by atoms with Crippen LogP contribution < -0.4 is 14.4 Å². The van der Waals surface area contributed by atoms with Gasteiger partial charge in [0.15, 0.2) is 11.5 Å². The minimum absolute atomic E-state index is 0.116. The third-order valence-corrected chi connectivity index (χ3v) is 7.50. The summed E-state index contributed by atoms with van der Waals surface area (Å²) in [5.74, 6) is 2.43. The fraction of sp³-hybridized carbons (Fsp3) is 0.429. The minimum atomic E-state index is 0.116. The van der Waals surface area contributed by atoms with Gasteiger partial charge in [0, 0.05) is 38.6 Å². The molecule has 3 aliphatic rings. The summed E-state index contributed by atoms with van der Waals surface area (Å²) in [7, 11) is 3.94. The van der Waals surface area contributed by atoms with Gasteiger partial charge in [-0.25, -0.2) is 4.98 Å². The lowest BCUT2D eigenvalue weighted by Gasteiger charge is -2.29. The van der Waals surface area contributed by atoms with Gasteiger partial charge in [-0.1, -0.05) is 12.1 Å². The molecule has 7 heteroatoms. The van der Waals surface area contributed by atoms with Gasteiger partial charge in [0.2, 0.25) is 6.79 Å². The first-order valence-corrected chi connectivity index (χ1v) is 12.6. The van der Waals surface area contributed by atoms with Gasteiger partial charge in [0.05, 0.1) is 11.1 Å². The average molecular weight is 473 g/mol. The van der Waals surface area contributed by atoms with Gasteiger partial charge in [-0.3, -0.25) is 4.79 Å². The van der Waals surface area contributed by atoms with Gasteiger partial charge in [0.25, 0.3) is 5.91 Å². The molecule has 0 spiro atoms. The third-order valence-electron chi connectivity index (χ3n) is 7.50. The van der Waals surface area contributed by atoms with Crippen LogP contribution in [0.5, 0.6) is 11.5 Å². The van der Waals surface area contributed by atoms with Crippen molar-refractivity contribution in [3.63, 3.8) is 0 Å².